The number of hydrogen-bond acceptors (Lipinski definition) is 6. The van der Waals surface area contributed by atoms with Gasteiger partial charge in [-0.25, -0.2) is 18.4 Å². The van der Waals surface area contributed by atoms with E-state index in [0.717, 1.165) is 17.4 Å². The summed E-state index contributed by atoms with van der Waals surface area (Å²) in [5.41, 5.74) is 0.481. The molecule has 0 saturated heterocycles. The number of benzene rings is 1. The Labute approximate surface area is 169 Å². The van der Waals surface area contributed by atoms with Gasteiger partial charge in [0.05, 0.1) is 24.5 Å². The molecule has 0 aliphatic heterocycles. The Kier molecular flexibility index (Phi) is 7.41. The van der Waals surface area contributed by atoms with Crippen LogP contribution in [0.1, 0.15) is 39.4 Å². The summed E-state index contributed by atoms with van der Waals surface area (Å²) < 4.78 is 36.9. The van der Waals surface area contributed by atoms with E-state index >= 15 is 0 Å². The Bertz CT molecular complexity index is 915. The van der Waals surface area contributed by atoms with Crippen LogP contribution in [0, 0.1) is 18.6 Å². The molecule has 28 heavy (non-hydrogen) atoms. The number of anilines is 2. The maximum atomic E-state index is 13.8. The van der Waals surface area contributed by atoms with E-state index in [-0.39, 0.29) is 39.5 Å². The van der Waals surface area contributed by atoms with Gasteiger partial charge in [-0.3, -0.25) is 0 Å². The lowest BCUT2D eigenvalue weighted by Gasteiger charge is -2.11. The third-order valence-corrected chi connectivity index (χ3v) is 4.88. The van der Waals surface area contributed by atoms with Gasteiger partial charge < -0.3 is 20.1 Å². The summed E-state index contributed by atoms with van der Waals surface area (Å²) in [6.07, 6.45) is 0. The van der Waals surface area contributed by atoms with Crippen molar-refractivity contribution in [1.29, 1.82) is 0 Å². The molecule has 2 aromatic rings. The number of rotatable bonds is 6. The second kappa shape index (κ2) is 9.56. The predicted molar refractivity (Wildman–Crippen MR) is 107 cm³/mol. The van der Waals surface area contributed by atoms with Gasteiger partial charge in [-0.1, -0.05) is 0 Å². The van der Waals surface area contributed by atoms with Gasteiger partial charge in [0.25, 0.3) is 0 Å². The quantitative estimate of drug-likeness (QED) is 0.518. The molecule has 1 aromatic heterocycles. The molecule has 150 valence electrons. The van der Waals surface area contributed by atoms with Crippen molar-refractivity contribution in [2.45, 2.75) is 20.8 Å². The first-order valence-electron chi connectivity index (χ1n) is 8.29. The number of carbonyl (C=O) groups is 2. The van der Waals surface area contributed by atoms with Crippen LogP contribution in [0.5, 0.6) is 0 Å². The van der Waals surface area contributed by atoms with Gasteiger partial charge in [0.2, 0.25) is 0 Å². The molecule has 0 fully saturated rings. The summed E-state index contributed by atoms with van der Waals surface area (Å²) in [7, 11) is 0. The zero-order chi connectivity index (χ0) is 20.8. The Morgan fingerprint density at radius 3 is 2.36 bits per heavy atom. The summed E-state index contributed by atoms with van der Waals surface area (Å²) in [5, 5.41) is 5.55. The van der Waals surface area contributed by atoms with E-state index in [4.69, 9.17) is 21.7 Å². The highest BCUT2D eigenvalue weighted by Crippen LogP contribution is 2.34. The van der Waals surface area contributed by atoms with E-state index in [1.807, 2.05) is 0 Å². The van der Waals surface area contributed by atoms with Crippen molar-refractivity contribution in [3.8, 4) is 0 Å². The first kappa shape index (κ1) is 21.7. The molecule has 6 nitrogen and oxygen atoms in total. The highest BCUT2D eigenvalue weighted by molar-refractivity contribution is 7.80. The predicted octanol–water partition coefficient (Wildman–Crippen LogP) is 4.50. The average molecular weight is 428 g/mol. The second-order valence-corrected chi connectivity index (χ2v) is 6.83. The van der Waals surface area contributed by atoms with Gasteiger partial charge in [-0.15, -0.1) is 11.3 Å². The molecule has 10 heteroatoms. The molecule has 2 N–H and O–H groups in total. The number of nitrogens with one attached hydrogen (secondary N) is 2. The van der Waals surface area contributed by atoms with Crippen molar-refractivity contribution < 1.29 is 27.8 Å². The van der Waals surface area contributed by atoms with Gasteiger partial charge in [0, 0.05) is 6.07 Å². The van der Waals surface area contributed by atoms with Gasteiger partial charge >= 0.3 is 11.9 Å². The molecule has 0 unspecified atom stereocenters. The normalized spacial score (nSPS) is 10.3. The first-order valence-corrected chi connectivity index (χ1v) is 9.51. The minimum absolute atomic E-state index is 0.0459. The van der Waals surface area contributed by atoms with Crippen LogP contribution in [-0.4, -0.2) is 30.3 Å². The van der Waals surface area contributed by atoms with Gasteiger partial charge in [-0.05, 0) is 50.7 Å². The highest BCUT2D eigenvalue weighted by atomic mass is 32.1. The average Bonchev–Trinajstić information content (AvgIpc) is 2.94. The van der Waals surface area contributed by atoms with E-state index in [1.54, 1.807) is 20.8 Å². The van der Waals surface area contributed by atoms with Crippen LogP contribution in [0.2, 0.25) is 0 Å². The van der Waals surface area contributed by atoms with Crippen LogP contribution in [0.15, 0.2) is 18.2 Å². The summed E-state index contributed by atoms with van der Waals surface area (Å²) in [4.78, 5) is 24.7. The van der Waals surface area contributed by atoms with Gasteiger partial charge in [0.1, 0.15) is 21.5 Å². The number of esters is 2. The Morgan fingerprint density at radius 2 is 1.75 bits per heavy atom. The van der Waals surface area contributed by atoms with Crippen LogP contribution >= 0.6 is 23.6 Å². The summed E-state index contributed by atoms with van der Waals surface area (Å²) in [5.74, 6) is -2.76. The molecule has 0 atom stereocenters. The van der Waals surface area contributed by atoms with Gasteiger partial charge in [-0.2, -0.15) is 0 Å². The third kappa shape index (κ3) is 5.02. The number of ether oxygens (including phenoxy) is 2. The Balaban J connectivity index is 2.31. The smallest absolute Gasteiger partial charge is 0.348 e. The summed E-state index contributed by atoms with van der Waals surface area (Å²) in [6, 6.07) is 2.98. The monoisotopic (exact) mass is 428 g/mol. The van der Waals surface area contributed by atoms with Crippen molar-refractivity contribution in [2.75, 3.05) is 23.8 Å². The maximum Gasteiger partial charge on any atom is 0.348 e. The van der Waals surface area contributed by atoms with Crippen molar-refractivity contribution in [1.82, 2.24) is 0 Å². The van der Waals surface area contributed by atoms with Gasteiger partial charge in [0.15, 0.2) is 5.11 Å². The molecule has 2 rings (SSSR count). The number of thiocarbonyl (C=S) groups is 1. The molecular formula is C18H18F2N2O4S2. The molecule has 0 aliphatic rings. The fraction of sp³-hybridized carbons (Fsp3) is 0.278. The largest absolute Gasteiger partial charge is 0.462 e. The van der Waals surface area contributed by atoms with E-state index in [9.17, 15) is 18.4 Å². The van der Waals surface area contributed by atoms with Crippen LogP contribution in [0.3, 0.4) is 0 Å². The fourth-order valence-electron chi connectivity index (χ4n) is 2.29. The topological polar surface area (TPSA) is 76.7 Å². The molecule has 1 aromatic carbocycles. The van der Waals surface area contributed by atoms with E-state index in [2.05, 4.69) is 10.6 Å². The van der Waals surface area contributed by atoms with Crippen LogP contribution in [-0.2, 0) is 9.47 Å². The van der Waals surface area contributed by atoms with E-state index in [1.165, 1.54) is 6.07 Å². The summed E-state index contributed by atoms with van der Waals surface area (Å²) >= 11 is 6.11. The van der Waals surface area contributed by atoms with Crippen LogP contribution < -0.4 is 10.6 Å². The lowest BCUT2D eigenvalue weighted by molar-refractivity contribution is 0.0527. The minimum atomic E-state index is -0.829. The molecule has 0 radical (unpaired) electrons. The SMILES string of the molecule is CCOC(=O)c1sc(NC(=S)Nc2ccc(F)cc2F)c(C(=O)OCC)c1C. The number of hydrogen-bond donors (Lipinski definition) is 2. The van der Waals surface area contributed by atoms with Crippen LogP contribution in [0.4, 0.5) is 19.5 Å². The molecule has 0 bridgehead atoms. The zero-order valence-corrected chi connectivity index (χ0v) is 17.0. The molecular weight excluding hydrogens is 410 g/mol. The molecule has 0 saturated carbocycles. The van der Waals surface area contributed by atoms with Crippen molar-refractivity contribution in [3.63, 3.8) is 0 Å². The zero-order valence-electron chi connectivity index (χ0n) is 15.4. The van der Waals surface area contributed by atoms with Crippen molar-refractivity contribution in [2.24, 2.45) is 0 Å². The molecule has 0 aliphatic carbocycles. The number of halogens is 2. The van der Waals surface area contributed by atoms with Crippen LogP contribution in [0.25, 0.3) is 0 Å². The number of carbonyl (C=O) groups excluding carboxylic acids is 2. The first-order chi connectivity index (χ1) is 13.3. The Morgan fingerprint density at radius 1 is 1.11 bits per heavy atom. The highest BCUT2D eigenvalue weighted by Gasteiger charge is 2.27. The maximum absolute atomic E-state index is 13.8. The molecule has 0 spiro atoms. The summed E-state index contributed by atoms with van der Waals surface area (Å²) in [6.45, 7) is 5.24. The Hall–Kier alpha value is -2.59. The minimum Gasteiger partial charge on any atom is -0.462 e. The lowest BCUT2D eigenvalue weighted by atomic mass is 10.1. The number of thiophene rings is 1. The third-order valence-electron chi connectivity index (χ3n) is 3.49. The molecule has 1 heterocycles. The second-order valence-electron chi connectivity index (χ2n) is 5.40. The van der Waals surface area contributed by atoms with Crippen molar-refractivity contribution >= 4 is 51.3 Å². The molecule has 0 amide bonds. The lowest BCUT2D eigenvalue weighted by Crippen LogP contribution is -2.21. The fourth-order valence-corrected chi connectivity index (χ4v) is 3.66. The van der Waals surface area contributed by atoms with Crippen molar-refractivity contribution in [3.05, 3.63) is 45.8 Å². The van der Waals surface area contributed by atoms with E-state index in [0.29, 0.717) is 11.6 Å². The standard InChI is InChI=1S/C18H18F2N2O4S2/c1-4-25-16(23)13-9(3)14(17(24)26-5-2)28-15(13)22-18(27)21-12-7-6-10(19)8-11(12)20/h6-8H,4-5H2,1-3H3,(H2,21,22,27). The van der Waals surface area contributed by atoms with E-state index < -0.39 is 23.6 Å².